The second-order valence-electron chi connectivity index (χ2n) is 3.58. The van der Waals surface area contributed by atoms with Gasteiger partial charge in [-0.25, -0.2) is 9.78 Å². The Hall–Kier alpha value is -2.36. The average Bonchev–Trinajstić information content (AvgIpc) is 2.39. The number of hydrogen-bond acceptors (Lipinski definition) is 3. The molecular weight excluding hydrogens is 216 g/mol. The third-order valence-corrected chi connectivity index (χ3v) is 2.44. The van der Waals surface area contributed by atoms with Crippen LogP contribution in [0.15, 0.2) is 48.5 Å². The molecular formula is C13H12N2O2. The van der Waals surface area contributed by atoms with Crippen molar-refractivity contribution in [2.45, 2.75) is 0 Å². The van der Waals surface area contributed by atoms with Gasteiger partial charge in [0.05, 0.1) is 0 Å². The molecule has 0 aliphatic heterocycles. The van der Waals surface area contributed by atoms with Crippen LogP contribution < -0.4 is 4.90 Å². The Morgan fingerprint density at radius 2 is 1.82 bits per heavy atom. The minimum absolute atomic E-state index is 0.0466. The van der Waals surface area contributed by atoms with E-state index in [2.05, 4.69) is 4.98 Å². The van der Waals surface area contributed by atoms with E-state index in [0.717, 1.165) is 5.69 Å². The summed E-state index contributed by atoms with van der Waals surface area (Å²) < 4.78 is 0. The third-order valence-electron chi connectivity index (χ3n) is 2.44. The highest BCUT2D eigenvalue weighted by Gasteiger charge is 2.08. The lowest BCUT2D eigenvalue weighted by atomic mass is 10.3. The maximum atomic E-state index is 10.8. The van der Waals surface area contributed by atoms with Crippen molar-refractivity contribution < 1.29 is 9.90 Å². The standard InChI is InChI=1S/C13H12N2O2/c1-15(10-6-3-2-4-7-10)12-9-5-8-11(14-12)13(16)17/h2-9H,1H3,(H,16,17). The first kappa shape index (κ1) is 11.1. The van der Waals surface area contributed by atoms with Crippen molar-refractivity contribution in [1.29, 1.82) is 0 Å². The van der Waals surface area contributed by atoms with Crippen molar-refractivity contribution in [3.63, 3.8) is 0 Å². The molecule has 2 aromatic rings. The fourth-order valence-electron chi connectivity index (χ4n) is 1.51. The molecule has 0 atom stereocenters. The summed E-state index contributed by atoms with van der Waals surface area (Å²) in [6.45, 7) is 0. The van der Waals surface area contributed by atoms with Gasteiger partial charge < -0.3 is 10.0 Å². The van der Waals surface area contributed by atoms with Crippen molar-refractivity contribution in [3.8, 4) is 0 Å². The number of carbonyl (C=O) groups is 1. The van der Waals surface area contributed by atoms with Gasteiger partial charge >= 0.3 is 5.97 Å². The lowest BCUT2D eigenvalue weighted by molar-refractivity contribution is 0.0690. The molecule has 4 heteroatoms. The van der Waals surface area contributed by atoms with Gasteiger partial charge in [0.2, 0.25) is 0 Å². The summed E-state index contributed by atoms with van der Waals surface area (Å²) in [5.41, 5.74) is 1.01. The van der Waals surface area contributed by atoms with Gasteiger partial charge in [-0.2, -0.15) is 0 Å². The molecule has 2 rings (SSSR count). The molecule has 4 nitrogen and oxygen atoms in total. The van der Waals surface area contributed by atoms with Gasteiger partial charge in [-0.15, -0.1) is 0 Å². The van der Waals surface area contributed by atoms with Crippen molar-refractivity contribution in [2.75, 3.05) is 11.9 Å². The van der Waals surface area contributed by atoms with Crippen molar-refractivity contribution in [2.24, 2.45) is 0 Å². The van der Waals surface area contributed by atoms with E-state index in [4.69, 9.17) is 5.11 Å². The Morgan fingerprint density at radius 3 is 2.47 bits per heavy atom. The van der Waals surface area contributed by atoms with E-state index in [1.807, 2.05) is 42.3 Å². The summed E-state index contributed by atoms with van der Waals surface area (Å²) in [5, 5.41) is 8.88. The van der Waals surface area contributed by atoms with Gasteiger partial charge in [0.1, 0.15) is 5.82 Å². The lowest BCUT2D eigenvalue weighted by Gasteiger charge is -2.18. The Bertz CT molecular complexity index is 526. The highest BCUT2D eigenvalue weighted by Crippen LogP contribution is 2.20. The minimum atomic E-state index is -1.02. The van der Waals surface area contributed by atoms with Gasteiger partial charge in [-0.05, 0) is 24.3 Å². The molecule has 0 aliphatic rings. The maximum absolute atomic E-state index is 10.8. The molecule has 0 spiro atoms. The van der Waals surface area contributed by atoms with E-state index < -0.39 is 5.97 Å². The number of para-hydroxylation sites is 1. The first-order valence-electron chi connectivity index (χ1n) is 5.17. The molecule has 86 valence electrons. The molecule has 0 radical (unpaired) electrons. The monoisotopic (exact) mass is 228 g/mol. The summed E-state index contributed by atoms with van der Waals surface area (Å²) in [6.07, 6.45) is 0. The summed E-state index contributed by atoms with van der Waals surface area (Å²) >= 11 is 0. The van der Waals surface area contributed by atoms with Gasteiger partial charge in [-0.3, -0.25) is 0 Å². The maximum Gasteiger partial charge on any atom is 0.354 e. The molecule has 1 N–H and O–H groups in total. The molecule has 0 unspecified atom stereocenters. The molecule has 0 aliphatic carbocycles. The van der Waals surface area contributed by atoms with Gasteiger partial charge in [0.25, 0.3) is 0 Å². The highest BCUT2D eigenvalue weighted by atomic mass is 16.4. The smallest absolute Gasteiger partial charge is 0.354 e. The number of carboxylic acid groups (broad SMARTS) is 1. The number of aromatic carboxylic acids is 1. The Kier molecular flexibility index (Phi) is 3.05. The van der Waals surface area contributed by atoms with Crippen LogP contribution in [0, 0.1) is 0 Å². The molecule has 1 heterocycles. The van der Waals surface area contributed by atoms with Crippen LogP contribution in [-0.4, -0.2) is 23.1 Å². The van der Waals surface area contributed by atoms with Crippen LogP contribution in [0.2, 0.25) is 0 Å². The van der Waals surface area contributed by atoms with Crippen molar-refractivity contribution >= 4 is 17.5 Å². The summed E-state index contributed by atoms with van der Waals surface area (Å²) in [6, 6.07) is 14.6. The van der Waals surface area contributed by atoms with E-state index in [0.29, 0.717) is 5.82 Å². The second-order valence-corrected chi connectivity index (χ2v) is 3.58. The van der Waals surface area contributed by atoms with Gasteiger partial charge in [0.15, 0.2) is 5.69 Å². The number of rotatable bonds is 3. The Labute approximate surface area is 99.2 Å². The Morgan fingerprint density at radius 1 is 1.12 bits per heavy atom. The number of carboxylic acids is 1. The largest absolute Gasteiger partial charge is 0.477 e. The molecule has 17 heavy (non-hydrogen) atoms. The van der Waals surface area contributed by atoms with Gasteiger partial charge in [-0.1, -0.05) is 24.3 Å². The van der Waals surface area contributed by atoms with E-state index in [1.54, 1.807) is 12.1 Å². The van der Waals surface area contributed by atoms with E-state index in [1.165, 1.54) is 6.07 Å². The first-order chi connectivity index (χ1) is 8.18. The van der Waals surface area contributed by atoms with Crippen molar-refractivity contribution in [3.05, 3.63) is 54.2 Å². The zero-order valence-corrected chi connectivity index (χ0v) is 9.37. The van der Waals surface area contributed by atoms with Crippen LogP contribution in [-0.2, 0) is 0 Å². The van der Waals surface area contributed by atoms with E-state index in [-0.39, 0.29) is 5.69 Å². The normalized spacial score (nSPS) is 9.94. The average molecular weight is 228 g/mol. The highest BCUT2D eigenvalue weighted by molar-refractivity contribution is 5.85. The van der Waals surface area contributed by atoms with Gasteiger partial charge in [0, 0.05) is 12.7 Å². The van der Waals surface area contributed by atoms with Crippen LogP contribution in [0.4, 0.5) is 11.5 Å². The van der Waals surface area contributed by atoms with E-state index >= 15 is 0 Å². The number of nitrogens with zero attached hydrogens (tertiary/aromatic N) is 2. The van der Waals surface area contributed by atoms with Crippen LogP contribution in [0.1, 0.15) is 10.5 Å². The zero-order chi connectivity index (χ0) is 12.3. The number of pyridine rings is 1. The number of benzene rings is 1. The predicted octanol–water partition coefficient (Wildman–Crippen LogP) is 2.55. The van der Waals surface area contributed by atoms with Crippen LogP contribution in [0.25, 0.3) is 0 Å². The topological polar surface area (TPSA) is 53.4 Å². The summed E-state index contributed by atoms with van der Waals surface area (Å²) in [5.74, 6) is -0.413. The van der Waals surface area contributed by atoms with Crippen LogP contribution >= 0.6 is 0 Å². The molecule has 0 amide bonds. The molecule has 0 saturated carbocycles. The lowest BCUT2D eigenvalue weighted by Crippen LogP contribution is -2.12. The first-order valence-corrected chi connectivity index (χ1v) is 5.17. The van der Waals surface area contributed by atoms with Crippen molar-refractivity contribution in [1.82, 2.24) is 4.98 Å². The Balaban J connectivity index is 2.34. The molecule has 0 fully saturated rings. The SMILES string of the molecule is CN(c1ccccc1)c1cccc(C(=O)O)n1. The third kappa shape index (κ3) is 2.42. The van der Waals surface area contributed by atoms with Crippen LogP contribution in [0.3, 0.4) is 0 Å². The zero-order valence-electron chi connectivity index (χ0n) is 9.37. The summed E-state index contributed by atoms with van der Waals surface area (Å²) in [7, 11) is 1.85. The summed E-state index contributed by atoms with van der Waals surface area (Å²) in [4.78, 5) is 16.7. The van der Waals surface area contributed by atoms with E-state index in [9.17, 15) is 4.79 Å². The van der Waals surface area contributed by atoms with Crippen LogP contribution in [0.5, 0.6) is 0 Å². The second kappa shape index (κ2) is 4.65. The fourth-order valence-corrected chi connectivity index (χ4v) is 1.51. The quantitative estimate of drug-likeness (QED) is 0.877. The number of anilines is 2. The number of aromatic nitrogens is 1. The number of hydrogen-bond donors (Lipinski definition) is 1. The molecule has 1 aromatic heterocycles. The minimum Gasteiger partial charge on any atom is -0.477 e. The molecule has 1 aromatic carbocycles. The molecule has 0 saturated heterocycles. The predicted molar refractivity (Wildman–Crippen MR) is 65.7 cm³/mol. The fraction of sp³-hybridized carbons (Fsp3) is 0.0769. The molecule has 0 bridgehead atoms.